The first-order chi connectivity index (χ1) is 13.1. The second-order valence-electron chi connectivity index (χ2n) is 6.99. The quantitative estimate of drug-likeness (QED) is 0.775. The number of amides is 1. The molecule has 1 saturated heterocycles. The number of rotatable bonds is 3. The first-order valence-electron chi connectivity index (χ1n) is 9.16. The number of nitrogens with one attached hydrogen (secondary N) is 1. The number of para-hydroxylation sites is 2. The van der Waals surface area contributed by atoms with E-state index < -0.39 is 5.56 Å². The van der Waals surface area contributed by atoms with Crippen LogP contribution in [0.4, 0.5) is 0 Å². The predicted octanol–water partition coefficient (Wildman–Crippen LogP) is 2.19. The van der Waals surface area contributed by atoms with Gasteiger partial charge in [-0.05, 0) is 24.6 Å². The molecule has 6 heteroatoms. The highest BCUT2D eigenvalue weighted by molar-refractivity contribution is 5.93. The van der Waals surface area contributed by atoms with Crippen LogP contribution in [0.15, 0.2) is 53.3 Å². The Labute approximate surface area is 157 Å². The lowest BCUT2D eigenvalue weighted by Gasteiger charge is -2.34. The van der Waals surface area contributed by atoms with Crippen molar-refractivity contribution in [1.82, 2.24) is 19.8 Å². The topological polar surface area (TPSA) is 69.3 Å². The SMILES string of the molecule is Cc1cccc(CN2CCN(C(=O)c3nc4ccccc4[nH]c3=O)CC2)c1. The van der Waals surface area contributed by atoms with Gasteiger partial charge < -0.3 is 9.88 Å². The Bertz CT molecular complexity index is 1040. The monoisotopic (exact) mass is 362 g/mol. The van der Waals surface area contributed by atoms with Crippen LogP contribution in [0, 0.1) is 6.92 Å². The number of aryl methyl sites for hydroxylation is 1. The Morgan fingerprint density at radius 1 is 1.07 bits per heavy atom. The average Bonchev–Trinajstić information content (AvgIpc) is 2.67. The third-order valence-electron chi connectivity index (χ3n) is 4.95. The molecule has 4 rings (SSSR count). The van der Waals surface area contributed by atoms with E-state index in [0.717, 1.165) is 19.6 Å². The predicted molar refractivity (Wildman–Crippen MR) is 105 cm³/mol. The smallest absolute Gasteiger partial charge is 0.280 e. The molecule has 2 heterocycles. The second kappa shape index (κ2) is 7.32. The fourth-order valence-corrected chi connectivity index (χ4v) is 3.50. The van der Waals surface area contributed by atoms with Gasteiger partial charge in [-0.15, -0.1) is 0 Å². The van der Waals surface area contributed by atoms with Crippen molar-refractivity contribution in [3.05, 3.63) is 75.7 Å². The van der Waals surface area contributed by atoms with Crippen LogP contribution in [-0.2, 0) is 6.54 Å². The van der Waals surface area contributed by atoms with Gasteiger partial charge in [0.2, 0.25) is 0 Å². The number of carbonyl (C=O) groups is 1. The summed E-state index contributed by atoms with van der Waals surface area (Å²) in [5.41, 5.74) is 3.34. The van der Waals surface area contributed by atoms with Gasteiger partial charge in [-0.25, -0.2) is 4.98 Å². The van der Waals surface area contributed by atoms with Crippen LogP contribution in [0.2, 0.25) is 0 Å². The van der Waals surface area contributed by atoms with Crippen molar-refractivity contribution < 1.29 is 4.79 Å². The van der Waals surface area contributed by atoms with Gasteiger partial charge in [-0.3, -0.25) is 14.5 Å². The number of hydrogen-bond acceptors (Lipinski definition) is 4. The van der Waals surface area contributed by atoms with Gasteiger partial charge in [0.25, 0.3) is 11.5 Å². The molecular weight excluding hydrogens is 340 g/mol. The standard InChI is InChI=1S/C21H22N4O2/c1-15-5-4-6-16(13-15)14-24-9-11-25(12-10-24)21(27)19-20(26)23-18-8-3-2-7-17(18)22-19/h2-8,13H,9-12,14H2,1H3,(H,23,26). The second-order valence-corrected chi connectivity index (χ2v) is 6.99. The number of carbonyl (C=O) groups excluding carboxylic acids is 1. The Morgan fingerprint density at radius 2 is 1.85 bits per heavy atom. The van der Waals surface area contributed by atoms with Gasteiger partial charge in [0.05, 0.1) is 11.0 Å². The summed E-state index contributed by atoms with van der Waals surface area (Å²) in [6.07, 6.45) is 0. The molecule has 0 aliphatic carbocycles. The van der Waals surface area contributed by atoms with E-state index in [1.54, 1.807) is 17.0 Å². The highest BCUT2D eigenvalue weighted by Crippen LogP contribution is 2.12. The van der Waals surface area contributed by atoms with Crippen LogP contribution in [-0.4, -0.2) is 51.9 Å². The number of hydrogen-bond donors (Lipinski definition) is 1. The minimum absolute atomic E-state index is 0.0270. The molecule has 0 atom stereocenters. The number of nitrogens with zero attached hydrogens (tertiary/aromatic N) is 3. The van der Waals surface area contributed by atoms with Gasteiger partial charge >= 0.3 is 0 Å². The highest BCUT2D eigenvalue weighted by Gasteiger charge is 2.25. The number of piperazine rings is 1. The first kappa shape index (κ1) is 17.4. The van der Waals surface area contributed by atoms with Crippen molar-refractivity contribution in [2.45, 2.75) is 13.5 Å². The molecule has 0 radical (unpaired) electrons. The Kier molecular flexibility index (Phi) is 4.73. The van der Waals surface area contributed by atoms with Crippen molar-refractivity contribution >= 4 is 16.9 Å². The molecular formula is C21H22N4O2. The van der Waals surface area contributed by atoms with Crippen LogP contribution >= 0.6 is 0 Å². The van der Waals surface area contributed by atoms with Gasteiger partial charge in [-0.1, -0.05) is 42.0 Å². The maximum atomic E-state index is 12.8. The van der Waals surface area contributed by atoms with Crippen molar-refractivity contribution in [2.75, 3.05) is 26.2 Å². The van der Waals surface area contributed by atoms with Crippen molar-refractivity contribution in [1.29, 1.82) is 0 Å². The van der Waals surface area contributed by atoms with E-state index in [2.05, 4.69) is 46.1 Å². The van der Waals surface area contributed by atoms with E-state index in [1.165, 1.54) is 11.1 Å². The fourth-order valence-electron chi connectivity index (χ4n) is 3.50. The molecule has 6 nitrogen and oxygen atoms in total. The summed E-state index contributed by atoms with van der Waals surface area (Å²) in [6.45, 7) is 5.72. The van der Waals surface area contributed by atoms with Crippen molar-refractivity contribution in [2.24, 2.45) is 0 Å². The third kappa shape index (κ3) is 3.75. The lowest BCUT2D eigenvalue weighted by atomic mass is 10.1. The molecule has 2 aromatic carbocycles. The zero-order valence-corrected chi connectivity index (χ0v) is 15.3. The first-order valence-corrected chi connectivity index (χ1v) is 9.16. The Morgan fingerprint density at radius 3 is 2.63 bits per heavy atom. The maximum absolute atomic E-state index is 12.8. The minimum atomic E-state index is -0.430. The van der Waals surface area contributed by atoms with E-state index in [0.29, 0.717) is 24.1 Å². The van der Waals surface area contributed by atoms with Gasteiger partial charge in [0.1, 0.15) is 0 Å². The molecule has 138 valence electrons. The van der Waals surface area contributed by atoms with Crippen LogP contribution < -0.4 is 5.56 Å². The summed E-state index contributed by atoms with van der Waals surface area (Å²) in [6, 6.07) is 15.7. The number of H-pyrrole nitrogens is 1. The van der Waals surface area contributed by atoms with E-state index in [1.807, 2.05) is 12.1 Å². The van der Waals surface area contributed by atoms with E-state index in [9.17, 15) is 9.59 Å². The zero-order valence-electron chi connectivity index (χ0n) is 15.3. The van der Waals surface area contributed by atoms with Gasteiger partial charge in [-0.2, -0.15) is 0 Å². The van der Waals surface area contributed by atoms with Crippen LogP contribution in [0.25, 0.3) is 11.0 Å². The number of benzene rings is 2. The third-order valence-corrected chi connectivity index (χ3v) is 4.95. The number of aromatic amines is 1. The number of aromatic nitrogens is 2. The van der Waals surface area contributed by atoms with E-state index in [-0.39, 0.29) is 11.6 Å². The van der Waals surface area contributed by atoms with E-state index in [4.69, 9.17) is 0 Å². The summed E-state index contributed by atoms with van der Waals surface area (Å²) in [7, 11) is 0. The van der Waals surface area contributed by atoms with Gasteiger partial charge in [0, 0.05) is 32.7 Å². The van der Waals surface area contributed by atoms with Crippen LogP contribution in [0.3, 0.4) is 0 Å². The molecule has 27 heavy (non-hydrogen) atoms. The lowest BCUT2D eigenvalue weighted by molar-refractivity contribution is 0.0621. The summed E-state index contributed by atoms with van der Waals surface area (Å²) in [5, 5.41) is 0. The molecule has 1 amide bonds. The summed E-state index contributed by atoms with van der Waals surface area (Å²) < 4.78 is 0. The number of fused-ring (bicyclic) bond motifs is 1. The molecule has 0 saturated carbocycles. The molecule has 1 aliphatic rings. The van der Waals surface area contributed by atoms with Gasteiger partial charge in [0.15, 0.2) is 5.69 Å². The zero-order chi connectivity index (χ0) is 18.8. The Hall–Kier alpha value is -2.99. The molecule has 1 aromatic heterocycles. The molecule has 1 N–H and O–H groups in total. The average molecular weight is 362 g/mol. The van der Waals surface area contributed by atoms with Crippen molar-refractivity contribution in [3.8, 4) is 0 Å². The maximum Gasteiger partial charge on any atom is 0.280 e. The largest absolute Gasteiger partial charge is 0.335 e. The molecule has 3 aromatic rings. The summed E-state index contributed by atoms with van der Waals surface area (Å²) >= 11 is 0. The van der Waals surface area contributed by atoms with Crippen LogP contribution in [0.1, 0.15) is 21.6 Å². The molecule has 0 bridgehead atoms. The van der Waals surface area contributed by atoms with E-state index >= 15 is 0 Å². The molecule has 0 unspecified atom stereocenters. The molecule has 0 spiro atoms. The summed E-state index contributed by atoms with van der Waals surface area (Å²) in [5.74, 6) is -0.294. The normalized spacial score (nSPS) is 15.2. The van der Waals surface area contributed by atoms with Crippen LogP contribution in [0.5, 0.6) is 0 Å². The minimum Gasteiger partial charge on any atom is -0.335 e. The highest BCUT2D eigenvalue weighted by atomic mass is 16.2. The lowest BCUT2D eigenvalue weighted by Crippen LogP contribution is -2.49. The Balaban J connectivity index is 1.44. The van der Waals surface area contributed by atoms with Crippen molar-refractivity contribution in [3.63, 3.8) is 0 Å². The fraction of sp³-hybridized carbons (Fsp3) is 0.286. The summed E-state index contributed by atoms with van der Waals surface area (Å²) in [4.78, 5) is 36.2. The molecule has 1 aliphatic heterocycles. The molecule has 1 fully saturated rings.